The second-order valence-electron chi connectivity index (χ2n) is 5.08. The highest BCUT2D eigenvalue weighted by atomic mass is 35.6. The van der Waals surface area contributed by atoms with Gasteiger partial charge in [-0.25, -0.2) is 5.11 Å². The molecular formula is C14H12Cl9O. The zero-order valence-corrected chi connectivity index (χ0v) is 18.8. The van der Waals surface area contributed by atoms with Gasteiger partial charge < -0.3 is 0 Å². The molecule has 0 heterocycles. The van der Waals surface area contributed by atoms with Crippen LogP contribution in [-0.2, 0) is 15.9 Å². The lowest BCUT2D eigenvalue weighted by Crippen LogP contribution is -2.54. The lowest BCUT2D eigenvalue weighted by atomic mass is 10.0. The van der Waals surface area contributed by atoms with E-state index in [1.165, 1.54) is 0 Å². The zero-order valence-electron chi connectivity index (χ0n) is 11.9. The van der Waals surface area contributed by atoms with Crippen molar-refractivity contribution in [2.24, 2.45) is 0 Å². The number of hydrogen-bond acceptors (Lipinski definition) is 0. The van der Waals surface area contributed by atoms with Crippen molar-refractivity contribution in [2.75, 3.05) is 6.61 Å². The highest BCUT2D eigenvalue weighted by Crippen LogP contribution is 2.65. The topological polar surface area (TPSA) is 19.9 Å². The maximum absolute atomic E-state index is 10.5. The number of aryl methyl sites for hydroxylation is 1. The van der Waals surface area contributed by atoms with Crippen LogP contribution in [0.2, 0.25) is 0 Å². The minimum atomic E-state index is -2.32. The molecule has 0 spiro atoms. The summed E-state index contributed by atoms with van der Waals surface area (Å²) in [4.78, 5) is 0. The molecule has 0 aromatic heterocycles. The number of hydrogen-bond donors (Lipinski definition) is 0. The number of halogens is 9. The molecule has 24 heavy (non-hydrogen) atoms. The Balaban J connectivity index is 3.10. The van der Waals surface area contributed by atoms with Crippen LogP contribution in [0.5, 0.6) is 0 Å². The highest BCUT2D eigenvalue weighted by molar-refractivity contribution is 6.80. The van der Waals surface area contributed by atoms with Gasteiger partial charge in [-0.1, -0.05) is 129 Å². The van der Waals surface area contributed by atoms with Gasteiger partial charge >= 0.3 is 0 Å². The smallest absolute Gasteiger partial charge is 0.226 e. The number of rotatable bonds is 7. The first-order valence-corrected chi connectivity index (χ1v) is 10.1. The molecule has 1 aromatic carbocycles. The van der Waals surface area contributed by atoms with Gasteiger partial charge in [0.05, 0.1) is 6.61 Å². The predicted octanol–water partition coefficient (Wildman–Crippen LogP) is 7.79. The van der Waals surface area contributed by atoms with Crippen LogP contribution in [-0.4, -0.2) is 19.1 Å². The van der Waals surface area contributed by atoms with Crippen LogP contribution in [0, 0.1) is 0 Å². The maximum atomic E-state index is 10.5. The molecule has 0 atom stereocenters. The lowest BCUT2D eigenvalue weighted by molar-refractivity contribution is 0.187. The molecule has 0 aliphatic heterocycles. The fourth-order valence-corrected chi connectivity index (χ4v) is 4.10. The fourth-order valence-electron chi connectivity index (χ4n) is 1.87. The Hall–Kier alpha value is 1.79. The summed E-state index contributed by atoms with van der Waals surface area (Å²) in [5.74, 6) is 0. The van der Waals surface area contributed by atoms with E-state index in [-0.39, 0.29) is 6.61 Å². The van der Waals surface area contributed by atoms with Crippen molar-refractivity contribution in [1.29, 1.82) is 0 Å². The Bertz CT molecular complexity index is 534. The minimum Gasteiger partial charge on any atom is -0.237 e. The second kappa shape index (κ2) is 8.86. The van der Waals surface area contributed by atoms with E-state index in [1.54, 1.807) is 24.3 Å². The van der Waals surface area contributed by atoms with Crippen LogP contribution in [0.1, 0.15) is 24.0 Å². The predicted molar refractivity (Wildman–Crippen MR) is 107 cm³/mol. The van der Waals surface area contributed by atoms with Crippen molar-refractivity contribution >= 4 is 104 Å². The summed E-state index contributed by atoms with van der Waals surface area (Å²) in [6.45, 7) is -0.101. The van der Waals surface area contributed by atoms with Gasteiger partial charge in [-0.2, -0.15) is 0 Å². The molecule has 0 amide bonds. The van der Waals surface area contributed by atoms with E-state index in [0.717, 1.165) is 18.4 Å². The fraction of sp³-hybridized carbons (Fsp3) is 0.571. The summed E-state index contributed by atoms with van der Waals surface area (Å²) in [6.07, 6.45) is 2.13. The summed E-state index contributed by atoms with van der Waals surface area (Å²) in [5.41, 5.74) is 1.32. The van der Waals surface area contributed by atoms with Crippen molar-refractivity contribution in [3.63, 3.8) is 0 Å². The highest BCUT2D eigenvalue weighted by Gasteiger charge is 2.68. The van der Waals surface area contributed by atoms with Crippen molar-refractivity contribution in [1.82, 2.24) is 0 Å². The van der Waals surface area contributed by atoms with E-state index in [1.807, 2.05) is 0 Å². The molecular weight excluding hydrogens is 503 g/mol. The van der Waals surface area contributed by atoms with Gasteiger partial charge in [0.1, 0.15) is 0 Å². The van der Waals surface area contributed by atoms with Crippen LogP contribution < -0.4 is 0 Å². The molecule has 0 unspecified atom stereocenters. The molecule has 0 aliphatic rings. The molecule has 0 aliphatic carbocycles. The van der Waals surface area contributed by atoms with Crippen molar-refractivity contribution < 1.29 is 5.11 Å². The number of unbranched alkanes of at least 4 members (excludes halogenated alkanes) is 1. The first kappa shape index (κ1) is 23.8. The van der Waals surface area contributed by atoms with Crippen LogP contribution in [0.3, 0.4) is 0 Å². The van der Waals surface area contributed by atoms with E-state index >= 15 is 0 Å². The molecule has 0 saturated heterocycles. The normalized spacial score (nSPS) is 14.1. The third kappa shape index (κ3) is 4.98. The Labute approximate surface area is 186 Å². The standard InChI is InChI=1S/C14H12Cl9O/c15-11(16,12(17,18)13(19,20)14(21,22)23)10-6-4-9(5-7-10)3-1-2-8-24/h4-7H,1-3,8H2. The van der Waals surface area contributed by atoms with Gasteiger partial charge in [0.15, 0.2) is 8.67 Å². The summed E-state index contributed by atoms with van der Waals surface area (Å²) < 4.78 is -8.81. The third-order valence-electron chi connectivity index (χ3n) is 3.32. The number of alkyl halides is 9. The van der Waals surface area contributed by atoms with Crippen LogP contribution >= 0.6 is 104 Å². The van der Waals surface area contributed by atoms with Crippen LogP contribution in [0.15, 0.2) is 24.3 Å². The molecule has 0 fully saturated rings. The minimum absolute atomic E-state index is 0.101. The molecule has 1 radical (unpaired) electrons. The van der Waals surface area contributed by atoms with E-state index in [0.29, 0.717) is 12.0 Å². The van der Waals surface area contributed by atoms with Gasteiger partial charge in [0.25, 0.3) is 0 Å². The van der Waals surface area contributed by atoms with Gasteiger partial charge in [-0.05, 0) is 30.4 Å². The van der Waals surface area contributed by atoms with Crippen molar-refractivity contribution in [3.05, 3.63) is 35.4 Å². The monoisotopic (exact) mass is 511 g/mol. The molecule has 1 nitrogen and oxygen atoms in total. The quantitative estimate of drug-likeness (QED) is 0.261. The van der Waals surface area contributed by atoms with Gasteiger partial charge in [-0.15, -0.1) is 0 Å². The molecule has 1 aromatic rings. The van der Waals surface area contributed by atoms with Gasteiger partial charge in [0.2, 0.25) is 8.13 Å². The van der Waals surface area contributed by atoms with Crippen molar-refractivity contribution in [3.8, 4) is 0 Å². The number of benzene rings is 1. The summed E-state index contributed by atoms with van der Waals surface area (Å²) in [7, 11) is 0. The van der Waals surface area contributed by atoms with Gasteiger partial charge in [0, 0.05) is 0 Å². The average molecular weight is 515 g/mol. The molecule has 1 rings (SSSR count). The summed E-state index contributed by atoms with van der Waals surface area (Å²) in [6, 6.07) is 6.80. The largest absolute Gasteiger partial charge is 0.237 e. The average Bonchev–Trinajstić information content (AvgIpc) is 2.46. The van der Waals surface area contributed by atoms with Crippen LogP contribution in [0.4, 0.5) is 0 Å². The Morgan fingerprint density at radius 1 is 0.708 bits per heavy atom. The Morgan fingerprint density at radius 2 is 1.21 bits per heavy atom. The van der Waals surface area contributed by atoms with E-state index in [2.05, 4.69) is 0 Å². The first-order valence-electron chi connectivity index (χ1n) is 6.66. The third-order valence-corrected chi connectivity index (χ3v) is 8.80. The van der Waals surface area contributed by atoms with E-state index in [9.17, 15) is 5.11 Å². The zero-order chi connectivity index (χ0) is 18.8. The Morgan fingerprint density at radius 3 is 1.62 bits per heavy atom. The van der Waals surface area contributed by atoms with Crippen molar-refractivity contribution in [2.45, 2.75) is 36.1 Å². The second-order valence-corrected chi connectivity index (χ2v) is 11.3. The molecule has 0 bridgehead atoms. The summed E-state index contributed by atoms with van der Waals surface area (Å²) in [5, 5.41) is 10.5. The molecule has 10 heteroatoms. The SMILES string of the molecule is [O]CCCCc1ccc(C(Cl)(Cl)C(Cl)(Cl)C(Cl)(Cl)C(Cl)(Cl)Cl)cc1. The van der Waals surface area contributed by atoms with Gasteiger partial charge in [-0.3, -0.25) is 0 Å². The van der Waals surface area contributed by atoms with E-state index < -0.39 is 16.8 Å². The first-order chi connectivity index (χ1) is 10.8. The Kier molecular flexibility index (Phi) is 8.80. The van der Waals surface area contributed by atoms with Crippen LogP contribution in [0.25, 0.3) is 0 Å². The molecule has 0 saturated carbocycles. The van der Waals surface area contributed by atoms with E-state index in [4.69, 9.17) is 104 Å². The lowest BCUT2D eigenvalue weighted by Gasteiger charge is -2.44. The summed E-state index contributed by atoms with van der Waals surface area (Å²) >= 11 is 54.5. The molecule has 137 valence electrons. The molecule has 0 N–H and O–H groups in total. The maximum Gasteiger partial charge on any atom is 0.226 e.